The molecule has 0 aliphatic heterocycles. The van der Waals surface area contributed by atoms with Crippen LogP contribution in [0.15, 0.2) is 18.2 Å². The summed E-state index contributed by atoms with van der Waals surface area (Å²) in [5.74, 6) is -1.60. The third-order valence-corrected chi connectivity index (χ3v) is 2.20. The molecule has 1 amide bonds. The highest BCUT2D eigenvalue weighted by atomic mass is 16.4. The number of phenols is 1. The van der Waals surface area contributed by atoms with E-state index in [2.05, 4.69) is 5.32 Å². The van der Waals surface area contributed by atoms with E-state index in [1.54, 1.807) is 0 Å². The highest BCUT2D eigenvalue weighted by Crippen LogP contribution is 2.23. The molecule has 0 fully saturated rings. The normalized spacial score (nSPS) is 11.1. The Morgan fingerprint density at radius 1 is 1.28 bits per heavy atom. The van der Waals surface area contributed by atoms with Crippen LogP contribution in [0.3, 0.4) is 0 Å². The van der Waals surface area contributed by atoms with Crippen molar-refractivity contribution in [3.05, 3.63) is 23.8 Å². The average molecular weight is 251 g/mol. The van der Waals surface area contributed by atoms with Gasteiger partial charge in [-0.25, -0.2) is 4.79 Å². The highest BCUT2D eigenvalue weighted by Gasteiger charge is 2.18. The van der Waals surface area contributed by atoms with Gasteiger partial charge < -0.3 is 15.5 Å². The molecule has 1 aromatic carbocycles. The van der Waals surface area contributed by atoms with Crippen LogP contribution in [0.2, 0.25) is 0 Å². The van der Waals surface area contributed by atoms with Crippen molar-refractivity contribution in [3.8, 4) is 5.75 Å². The van der Waals surface area contributed by atoms with Gasteiger partial charge in [-0.3, -0.25) is 4.79 Å². The molecule has 0 aromatic heterocycles. The van der Waals surface area contributed by atoms with Crippen molar-refractivity contribution in [1.82, 2.24) is 0 Å². The first-order valence-electron chi connectivity index (χ1n) is 5.55. The average Bonchev–Trinajstić information content (AvgIpc) is 2.17. The first-order valence-corrected chi connectivity index (χ1v) is 5.55. The number of carbonyl (C=O) groups is 2. The molecule has 18 heavy (non-hydrogen) atoms. The molecule has 98 valence electrons. The minimum Gasteiger partial charge on any atom is -0.508 e. The van der Waals surface area contributed by atoms with E-state index in [9.17, 15) is 14.7 Å². The van der Waals surface area contributed by atoms with Crippen LogP contribution in [0.25, 0.3) is 0 Å². The molecule has 0 radical (unpaired) electrons. The van der Waals surface area contributed by atoms with E-state index in [1.807, 2.05) is 20.8 Å². The largest absolute Gasteiger partial charge is 0.508 e. The molecular weight excluding hydrogens is 234 g/mol. The van der Waals surface area contributed by atoms with Crippen LogP contribution in [0, 0.1) is 5.41 Å². The zero-order valence-corrected chi connectivity index (χ0v) is 10.7. The summed E-state index contributed by atoms with van der Waals surface area (Å²) in [6.07, 6.45) is 0.285. The van der Waals surface area contributed by atoms with E-state index in [1.165, 1.54) is 12.1 Å². The number of anilines is 1. The zero-order valence-electron chi connectivity index (χ0n) is 10.7. The van der Waals surface area contributed by atoms with Gasteiger partial charge in [0.05, 0.1) is 11.3 Å². The number of carboxylic acids is 1. The summed E-state index contributed by atoms with van der Waals surface area (Å²) in [5.41, 5.74) is -0.114. The van der Waals surface area contributed by atoms with Crippen molar-refractivity contribution in [2.24, 2.45) is 5.41 Å². The number of nitrogens with one attached hydrogen (secondary N) is 1. The molecule has 0 unspecified atom stereocenters. The minimum atomic E-state index is -1.20. The Kier molecular flexibility index (Phi) is 3.96. The van der Waals surface area contributed by atoms with Crippen LogP contribution in [0.5, 0.6) is 5.75 Å². The van der Waals surface area contributed by atoms with Gasteiger partial charge in [0.25, 0.3) is 0 Å². The molecule has 3 N–H and O–H groups in total. The van der Waals surface area contributed by atoms with Gasteiger partial charge in [-0.1, -0.05) is 20.8 Å². The predicted octanol–water partition coefficient (Wildman–Crippen LogP) is 2.47. The first kappa shape index (κ1) is 14.0. The van der Waals surface area contributed by atoms with E-state index in [4.69, 9.17) is 5.11 Å². The molecule has 0 aliphatic carbocycles. The number of benzene rings is 1. The van der Waals surface area contributed by atoms with Crippen molar-refractivity contribution in [2.75, 3.05) is 5.32 Å². The van der Waals surface area contributed by atoms with E-state index in [0.29, 0.717) is 0 Å². The Morgan fingerprint density at radius 3 is 2.39 bits per heavy atom. The summed E-state index contributed by atoms with van der Waals surface area (Å²) in [7, 11) is 0. The van der Waals surface area contributed by atoms with Gasteiger partial charge >= 0.3 is 5.97 Å². The van der Waals surface area contributed by atoms with Gasteiger partial charge in [0, 0.05) is 6.42 Å². The fraction of sp³-hybridized carbons (Fsp3) is 0.385. The van der Waals surface area contributed by atoms with Crippen LogP contribution in [-0.2, 0) is 4.79 Å². The third kappa shape index (κ3) is 4.08. The third-order valence-electron chi connectivity index (χ3n) is 2.20. The van der Waals surface area contributed by atoms with Crippen molar-refractivity contribution >= 4 is 17.6 Å². The molecule has 0 saturated heterocycles. The van der Waals surface area contributed by atoms with Crippen LogP contribution in [0.1, 0.15) is 37.6 Å². The topological polar surface area (TPSA) is 86.6 Å². The summed E-state index contributed by atoms with van der Waals surface area (Å²) >= 11 is 0. The van der Waals surface area contributed by atoms with Crippen molar-refractivity contribution in [1.29, 1.82) is 0 Å². The molecule has 5 nitrogen and oxygen atoms in total. The Labute approximate surface area is 105 Å². The van der Waals surface area contributed by atoms with Gasteiger partial charge in [0.1, 0.15) is 5.75 Å². The lowest BCUT2D eigenvalue weighted by Gasteiger charge is -2.17. The molecule has 0 spiro atoms. The molecule has 0 bridgehead atoms. The summed E-state index contributed by atoms with van der Waals surface area (Å²) < 4.78 is 0. The minimum absolute atomic E-state index is 0.128. The fourth-order valence-corrected chi connectivity index (χ4v) is 1.49. The lowest BCUT2D eigenvalue weighted by Crippen LogP contribution is -2.20. The van der Waals surface area contributed by atoms with Crippen LogP contribution in [0.4, 0.5) is 5.69 Å². The summed E-state index contributed by atoms with van der Waals surface area (Å²) in [6, 6.07) is 3.81. The van der Waals surface area contributed by atoms with Gasteiger partial charge in [-0.15, -0.1) is 0 Å². The lowest BCUT2D eigenvalue weighted by atomic mass is 9.92. The van der Waals surface area contributed by atoms with Gasteiger partial charge in [-0.05, 0) is 23.6 Å². The first-order chi connectivity index (χ1) is 8.19. The predicted molar refractivity (Wildman–Crippen MR) is 67.8 cm³/mol. The Balaban J connectivity index is 2.91. The molecule has 0 heterocycles. The number of carbonyl (C=O) groups excluding carboxylic acids is 1. The molecule has 0 saturated carbocycles. The van der Waals surface area contributed by atoms with Crippen LogP contribution < -0.4 is 5.32 Å². The molecule has 0 aliphatic rings. The van der Waals surface area contributed by atoms with E-state index < -0.39 is 5.97 Å². The van der Waals surface area contributed by atoms with Gasteiger partial charge in [0.15, 0.2) is 0 Å². The summed E-state index contributed by atoms with van der Waals surface area (Å²) in [5, 5.41) is 20.7. The lowest BCUT2D eigenvalue weighted by molar-refractivity contribution is -0.117. The van der Waals surface area contributed by atoms with Crippen LogP contribution in [-0.4, -0.2) is 22.1 Å². The number of carboxylic acid groups (broad SMARTS) is 1. The number of aromatic carboxylic acids is 1. The van der Waals surface area contributed by atoms with Gasteiger partial charge in [-0.2, -0.15) is 0 Å². The van der Waals surface area contributed by atoms with Crippen molar-refractivity contribution < 1.29 is 19.8 Å². The maximum Gasteiger partial charge on any atom is 0.337 e. The second-order valence-electron chi connectivity index (χ2n) is 5.32. The maximum absolute atomic E-state index is 11.7. The maximum atomic E-state index is 11.7. The van der Waals surface area contributed by atoms with Crippen molar-refractivity contribution in [2.45, 2.75) is 27.2 Å². The zero-order chi connectivity index (χ0) is 13.9. The Bertz CT molecular complexity index is 474. The summed E-state index contributed by atoms with van der Waals surface area (Å²) in [4.78, 5) is 22.7. The second kappa shape index (κ2) is 5.08. The Morgan fingerprint density at radius 2 is 1.89 bits per heavy atom. The van der Waals surface area contributed by atoms with Crippen LogP contribution >= 0.6 is 0 Å². The molecular formula is C13H17NO4. The fourth-order valence-electron chi connectivity index (χ4n) is 1.49. The second-order valence-corrected chi connectivity index (χ2v) is 5.32. The van der Waals surface area contributed by atoms with Crippen molar-refractivity contribution in [3.63, 3.8) is 0 Å². The number of hydrogen-bond donors (Lipinski definition) is 3. The standard InChI is InChI=1S/C13H17NO4/c1-13(2,3)7-11(16)14-10-5-4-8(15)6-9(10)12(17)18/h4-6,15H,7H2,1-3H3,(H,14,16)(H,17,18). The number of rotatable bonds is 3. The monoisotopic (exact) mass is 251 g/mol. The smallest absolute Gasteiger partial charge is 0.337 e. The molecule has 0 atom stereocenters. The quantitative estimate of drug-likeness (QED) is 0.720. The van der Waals surface area contributed by atoms with E-state index >= 15 is 0 Å². The number of aromatic hydroxyl groups is 1. The molecule has 1 aromatic rings. The highest BCUT2D eigenvalue weighted by molar-refractivity contribution is 6.00. The van der Waals surface area contributed by atoms with E-state index in [0.717, 1.165) is 6.07 Å². The Hall–Kier alpha value is -2.04. The molecule has 5 heteroatoms. The number of hydrogen-bond acceptors (Lipinski definition) is 3. The number of amides is 1. The SMILES string of the molecule is CC(C)(C)CC(=O)Nc1ccc(O)cc1C(=O)O. The molecule has 1 rings (SSSR count). The summed E-state index contributed by atoms with van der Waals surface area (Å²) in [6.45, 7) is 5.75. The van der Waals surface area contributed by atoms with Gasteiger partial charge in [0.2, 0.25) is 5.91 Å². The van der Waals surface area contributed by atoms with E-state index in [-0.39, 0.29) is 34.7 Å². The number of phenolic OH excluding ortho intramolecular Hbond substituents is 1.